The van der Waals surface area contributed by atoms with Crippen LogP contribution in [-0.4, -0.2) is 22.5 Å². The number of para-hydroxylation sites is 1. The summed E-state index contributed by atoms with van der Waals surface area (Å²) in [5, 5.41) is 13.0. The molecule has 1 amide bonds. The summed E-state index contributed by atoms with van der Waals surface area (Å²) in [4.78, 5) is 23.8. The maximum atomic E-state index is 12.7. The summed E-state index contributed by atoms with van der Waals surface area (Å²) in [6.07, 6.45) is 3.22. The molecule has 122 valence electrons. The topological polar surface area (TPSA) is 79.5 Å². The van der Waals surface area contributed by atoms with Crippen molar-refractivity contribution in [1.29, 1.82) is 0 Å². The van der Waals surface area contributed by atoms with Gasteiger partial charge >= 0.3 is 5.97 Å². The molecule has 0 unspecified atom stereocenters. The Bertz CT molecular complexity index is 769. The lowest BCUT2D eigenvalue weighted by molar-refractivity contribution is -0.138. The van der Waals surface area contributed by atoms with Gasteiger partial charge in [-0.05, 0) is 32.3 Å². The number of aryl methyl sites for hydroxylation is 2. The Balaban J connectivity index is 1.92. The Labute approximate surface area is 134 Å². The van der Waals surface area contributed by atoms with Gasteiger partial charge in [0.05, 0.1) is 12.0 Å². The van der Waals surface area contributed by atoms with Crippen molar-refractivity contribution in [2.75, 3.05) is 0 Å². The summed E-state index contributed by atoms with van der Waals surface area (Å²) in [5.41, 5.74) is 1.84. The second-order valence-corrected chi connectivity index (χ2v) is 6.52. The maximum Gasteiger partial charge on any atom is 0.305 e. The van der Waals surface area contributed by atoms with Crippen LogP contribution in [-0.2, 0) is 4.79 Å². The third-order valence-corrected chi connectivity index (χ3v) is 4.80. The van der Waals surface area contributed by atoms with Gasteiger partial charge < -0.3 is 14.8 Å². The minimum absolute atomic E-state index is 0.0446. The van der Waals surface area contributed by atoms with Crippen LogP contribution in [0.2, 0.25) is 0 Å². The van der Waals surface area contributed by atoms with Crippen molar-refractivity contribution in [1.82, 2.24) is 5.32 Å². The Kier molecular flexibility index (Phi) is 3.88. The standard InChI is InChI=1S/C18H21NO4/c1-11-6-5-7-13-12(2)16(23-15(11)13)17(22)19-18(10-14(20)21)8-3-4-9-18/h5-7H,3-4,8-10H2,1-2H3,(H,19,22)(H,20,21). The highest BCUT2D eigenvalue weighted by Crippen LogP contribution is 2.34. The van der Waals surface area contributed by atoms with Crippen LogP contribution in [0.5, 0.6) is 0 Å². The molecule has 0 atom stereocenters. The molecule has 1 aliphatic rings. The van der Waals surface area contributed by atoms with Crippen LogP contribution in [0.4, 0.5) is 0 Å². The minimum atomic E-state index is -0.885. The minimum Gasteiger partial charge on any atom is -0.481 e. The van der Waals surface area contributed by atoms with Crippen molar-refractivity contribution in [3.05, 3.63) is 35.1 Å². The van der Waals surface area contributed by atoms with Crippen molar-refractivity contribution in [2.24, 2.45) is 0 Å². The van der Waals surface area contributed by atoms with Crippen LogP contribution in [0.25, 0.3) is 11.0 Å². The summed E-state index contributed by atoms with van der Waals surface area (Å²) < 4.78 is 5.79. The molecule has 1 fully saturated rings. The average Bonchev–Trinajstić information content (AvgIpc) is 3.05. The van der Waals surface area contributed by atoms with E-state index in [1.54, 1.807) is 0 Å². The Morgan fingerprint density at radius 3 is 2.57 bits per heavy atom. The van der Waals surface area contributed by atoms with Gasteiger partial charge in [0.2, 0.25) is 0 Å². The molecule has 1 aliphatic carbocycles. The zero-order valence-corrected chi connectivity index (χ0v) is 13.4. The number of hydrogen-bond donors (Lipinski definition) is 2. The molecule has 3 rings (SSSR count). The molecular formula is C18H21NO4. The normalized spacial score (nSPS) is 16.6. The highest BCUT2D eigenvalue weighted by Gasteiger charge is 2.38. The van der Waals surface area contributed by atoms with Gasteiger partial charge in [-0.15, -0.1) is 0 Å². The first kappa shape index (κ1) is 15.6. The number of benzene rings is 1. The number of rotatable bonds is 4. The Hall–Kier alpha value is -2.30. The molecule has 2 aromatic rings. The number of aliphatic carboxylic acids is 1. The van der Waals surface area contributed by atoms with Gasteiger partial charge in [-0.25, -0.2) is 0 Å². The fraction of sp³-hybridized carbons (Fsp3) is 0.444. The van der Waals surface area contributed by atoms with E-state index < -0.39 is 11.5 Å². The molecule has 0 bridgehead atoms. The molecule has 23 heavy (non-hydrogen) atoms. The molecule has 1 heterocycles. The predicted octanol–water partition coefficient (Wildman–Crippen LogP) is 3.57. The molecule has 1 saturated carbocycles. The van der Waals surface area contributed by atoms with Gasteiger partial charge in [0.15, 0.2) is 5.76 Å². The van der Waals surface area contributed by atoms with E-state index in [2.05, 4.69) is 5.32 Å². The lowest BCUT2D eigenvalue weighted by atomic mass is 9.93. The van der Waals surface area contributed by atoms with E-state index in [1.807, 2.05) is 32.0 Å². The SMILES string of the molecule is Cc1c(C(=O)NC2(CC(=O)O)CCCC2)oc2c(C)cccc12. The van der Waals surface area contributed by atoms with Crippen LogP contribution in [0.1, 0.15) is 53.8 Å². The first-order valence-corrected chi connectivity index (χ1v) is 7.95. The third kappa shape index (κ3) is 2.83. The summed E-state index contributed by atoms with van der Waals surface area (Å²) in [5.74, 6) is -0.920. The third-order valence-electron chi connectivity index (χ3n) is 4.80. The highest BCUT2D eigenvalue weighted by molar-refractivity contribution is 6.00. The van der Waals surface area contributed by atoms with E-state index in [4.69, 9.17) is 9.52 Å². The van der Waals surface area contributed by atoms with Gasteiger partial charge in [-0.2, -0.15) is 0 Å². The first-order valence-electron chi connectivity index (χ1n) is 7.95. The monoisotopic (exact) mass is 315 g/mol. The van der Waals surface area contributed by atoms with E-state index in [0.717, 1.165) is 29.4 Å². The molecule has 0 saturated heterocycles. The van der Waals surface area contributed by atoms with E-state index in [0.29, 0.717) is 18.4 Å². The number of fused-ring (bicyclic) bond motifs is 1. The fourth-order valence-corrected chi connectivity index (χ4v) is 3.59. The summed E-state index contributed by atoms with van der Waals surface area (Å²) in [7, 11) is 0. The van der Waals surface area contributed by atoms with E-state index in [-0.39, 0.29) is 18.1 Å². The number of amides is 1. The average molecular weight is 315 g/mol. The van der Waals surface area contributed by atoms with E-state index in [1.165, 1.54) is 0 Å². The second kappa shape index (κ2) is 5.72. The molecule has 0 aliphatic heterocycles. The highest BCUT2D eigenvalue weighted by atomic mass is 16.4. The number of carboxylic acid groups (broad SMARTS) is 1. The number of carbonyl (C=O) groups excluding carboxylic acids is 1. The van der Waals surface area contributed by atoms with Gasteiger partial charge in [-0.1, -0.05) is 31.0 Å². The smallest absolute Gasteiger partial charge is 0.305 e. The van der Waals surface area contributed by atoms with E-state index >= 15 is 0 Å². The van der Waals surface area contributed by atoms with Crippen LogP contribution in [0, 0.1) is 13.8 Å². The second-order valence-electron chi connectivity index (χ2n) is 6.52. The molecule has 5 nitrogen and oxygen atoms in total. The van der Waals surface area contributed by atoms with Crippen LogP contribution in [0.3, 0.4) is 0 Å². The number of carbonyl (C=O) groups is 2. The van der Waals surface area contributed by atoms with Crippen molar-refractivity contribution in [2.45, 2.75) is 51.5 Å². The maximum absolute atomic E-state index is 12.7. The van der Waals surface area contributed by atoms with Crippen LogP contribution >= 0.6 is 0 Å². The largest absolute Gasteiger partial charge is 0.481 e. The molecule has 2 N–H and O–H groups in total. The van der Waals surface area contributed by atoms with Gasteiger partial charge in [-0.3, -0.25) is 9.59 Å². The van der Waals surface area contributed by atoms with Gasteiger partial charge in [0.25, 0.3) is 5.91 Å². The van der Waals surface area contributed by atoms with Crippen LogP contribution in [0.15, 0.2) is 22.6 Å². The quantitative estimate of drug-likeness (QED) is 0.904. The summed E-state index contributed by atoms with van der Waals surface area (Å²) >= 11 is 0. The zero-order chi connectivity index (χ0) is 16.6. The zero-order valence-electron chi connectivity index (χ0n) is 13.4. The lowest BCUT2D eigenvalue weighted by Crippen LogP contribution is -2.47. The summed E-state index contributed by atoms with van der Waals surface area (Å²) in [6, 6.07) is 5.81. The molecule has 1 aromatic carbocycles. The van der Waals surface area contributed by atoms with Crippen molar-refractivity contribution in [3.8, 4) is 0 Å². The van der Waals surface area contributed by atoms with Gasteiger partial charge in [0, 0.05) is 10.9 Å². The molecule has 0 radical (unpaired) electrons. The number of furan rings is 1. The van der Waals surface area contributed by atoms with Crippen LogP contribution < -0.4 is 5.32 Å². The summed E-state index contributed by atoms with van der Waals surface area (Å²) in [6.45, 7) is 3.80. The van der Waals surface area contributed by atoms with Crippen molar-refractivity contribution < 1.29 is 19.1 Å². The number of carboxylic acids is 1. The van der Waals surface area contributed by atoms with Crippen molar-refractivity contribution in [3.63, 3.8) is 0 Å². The molecule has 1 aromatic heterocycles. The molecule has 5 heteroatoms. The number of hydrogen-bond acceptors (Lipinski definition) is 3. The van der Waals surface area contributed by atoms with E-state index in [9.17, 15) is 9.59 Å². The first-order chi connectivity index (χ1) is 10.9. The Morgan fingerprint density at radius 1 is 1.26 bits per heavy atom. The van der Waals surface area contributed by atoms with Gasteiger partial charge in [0.1, 0.15) is 5.58 Å². The predicted molar refractivity (Wildman–Crippen MR) is 86.6 cm³/mol. The lowest BCUT2D eigenvalue weighted by Gasteiger charge is -2.28. The number of nitrogens with one attached hydrogen (secondary N) is 1. The fourth-order valence-electron chi connectivity index (χ4n) is 3.59. The van der Waals surface area contributed by atoms with Crippen molar-refractivity contribution >= 4 is 22.8 Å². The Morgan fingerprint density at radius 2 is 1.96 bits per heavy atom. The molecular weight excluding hydrogens is 294 g/mol. The molecule has 0 spiro atoms.